The van der Waals surface area contributed by atoms with E-state index >= 15 is 0 Å². The Morgan fingerprint density at radius 2 is 2.11 bits per heavy atom. The summed E-state index contributed by atoms with van der Waals surface area (Å²) >= 11 is 0. The monoisotopic (exact) mass is 259 g/mol. The topological polar surface area (TPSA) is 55.6 Å². The van der Waals surface area contributed by atoms with Crippen LogP contribution in [0.3, 0.4) is 0 Å². The number of hydrogen-bond acceptors (Lipinski definition) is 4. The van der Waals surface area contributed by atoms with Crippen molar-refractivity contribution in [1.82, 2.24) is 19.7 Å². The zero-order valence-corrected chi connectivity index (χ0v) is 12.0. The summed E-state index contributed by atoms with van der Waals surface area (Å²) in [6.45, 7) is 7.32. The molecule has 0 atom stereocenters. The molecule has 19 heavy (non-hydrogen) atoms. The summed E-state index contributed by atoms with van der Waals surface area (Å²) in [5.41, 5.74) is 2.00. The van der Waals surface area contributed by atoms with Gasteiger partial charge in [0, 0.05) is 31.5 Å². The highest BCUT2D eigenvalue weighted by Crippen LogP contribution is 2.21. The molecule has 0 unspecified atom stereocenters. The molecule has 0 aliphatic rings. The smallest absolute Gasteiger partial charge is 0.164 e. The van der Waals surface area contributed by atoms with E-state index in [0.29, 0.717) is 5.92 Å². The van der Waals surface area contributed by atoms with Crippen LogP contribution < -0.4 is 5.32 Å². The van der Waals surface area contributed by atoms with Gasteiger partial charge in [0.25, 0.3) is 0 Å². The first-order chi connectivity index (χ1) is 9.13. The predicted molar refractivity (Wildman–Crippen MR) is 77.2 cm³/mol. The molecule has 0 amide bonds. The van der Waals surface area contributed by atoms with E-state index in [1.165, 1.54) is 0 Å². The SMILES string of the molecule is CCCn1cc(-c2nc(NC)cc(C(C)C)n2)cn1. The molecule has 0 bridgehead atoms. The van der Waals surface area contributed by atoms with E-state index in [0.717, 1.165) is 35.9 Å². The van der Waals surface area contributed by atoms with Crippen LogP contribution in [-0.2, 0) is 6.54 Å². The Kier molecular flexibility index (Phi) is 4.14. The van der Waals surface area contributed by atoms with Crippen LogP contribution in [0.15, 0.2) is 18.5 Å². The normalized spacial score (nSPS) is 11.0. The number of aromatic nitrogens is 4. The summed E-state index contributed by atoms with van der Waals surface area (Å²) in [7, 11) is 1.87. The van der Waals surface area contributed by atoms with Crippen LogP contribution in [0.1, 0.15) is 38.8 Å². The minimum absolute atomic E-state index is 0.375. The maximum absolute atomic E-state index is 4.62. The molecule has 2 aromatic rings. The molecular formula is C14H21N5. The van der Waals surface area contributed by atoms with E-state index in [1.807, 2.05) is 30.2 Å². The Hall–Kier alpha value is -1.91. The zero-order chi connectivity index (χ0) is 13.8. The molecule has 2 aromatic heterocycles. The lowest BCUT2D eigenvalue weighted by Crippen LogP contribution is -2.02. The summed E-state index contributed by atoms with van der Waals surface area (Å²) in [5.74, 6) is 1.95. The minimum Gasteiger partial charge on any atom is -0.373 e. The number of hydrogen-bond donors (Lipinski definition) is 1. The molecule has 0 saturated heterocycles. The molecule has 5 heteroatoms. The maximum atomic E-state index is 4.62. The molecule has 102 valence electrons. The number of rotatable bonds is 5. The molecular weight excluding hydrogens is 238 g/mol. The summed E-state index contributed by atoms with van der Waals surface area (Å²) < 4.78 is 1.93. The third kappa shape index (κ3) is 3.10. The van der Waals surface area contributed by atoms with Crippen molar-refractivity contribution in [3.63, 3.8) is 0 Å². The Morgan fingerprint density at radius 1 is 1.32 bits per heavy atom. The van der Waals surface area contributed by atoms with Gasteiger partial charge in [-0.1, -0.05) is 20.8 Å². The van der Waals surface area contributed by atoms with Crippen LogP contribution in [0.2, 0.25) is 0 Å². The molecule has 0 aliphatic carbocycles. The van der Waals surface area contributed by atoms with Crippen molar-refractivity contribution >= 4 is 5.82 Å². The maximum Gasteiger partial charge on any atom is 0.164 e. The highest BCUT2D eigenvalue weighted by atomic mass is 15.3. The number of anilines is 1. The van der Waals surface area contributed by atoms with E-state index in [2.05, 4.69) is 41.2 Å². The highest BCUT2D eigenvalue weighted by Gasteiger charge is 2.10. The van der Waals surface area contributed by atoms with Crippen molar-refractivity contribution in [3.8, 4) is 11.4 Å². The molecule has 1 N–H and O–H groups in total. The van der Waals surface area contributed by atoms with Crippen LogP contribution in [0, 0.1) is 0 Å². The summed E-state index contributed by atoms with van der Waals surface area (Å²) in [6, 6.07) is 1.99. The van der Waals surface area contributed by atoms with Crippen molar-refractivity contribution in [2.75, 3.05) is 12.4 Å². The van der Waals surface area contributed by atoms with Gasteiger partial charge in [0.2, 0.25) is 0 Å². The fourth-order valence-corrected chi connectivity index (χ4v) is 1.85. The lowest BCUT2D eigenvalue weighted by molar-refractivity contribution is 0.603. The second-order valence-electron chi connectivity index (χ2n) is 4.90. The van der Waals surface area contributed by atoms with Crippen molar-refractivity contribution in [2.24, 2.45) is 0 Å². The van der Waals surface area contributed by atoms with Gasteiger partial charge in [0.1, 0.15) is 5.82 Å². The Bertz CT molecular complexity index is 545. The standard InChI is InChI=1S/C14H21N5/c1-5-6-19-9-11(8-16-19)14-17-12(10(2)3)7-13(15-4)18-14/h7-10H,5-6H2,1-4H3,(H,15,17,18). The molecule has 0 aliphatic heterocycles. The lowest BCUT2D eigenvalue weighted by Gasteiger charge is -2.09. The fraction of sp³-hybridized carbons (Fsp3) is 0.500. The second kappa shape index (κ2) is 5.82. The first-order valence-electron chi connectivity index (χ1n) is 6.73. The van der Waals surface area contributed by atoms with Gasteiger partial charge in [-0.15, -0.1) is 0 Å². The van der Waals surface area contributed by atoms with Gasteiger partial charge < -0.3 is 5.32 Å². The van der Waals surface area contributed by atoms with Crippen LogP contribution in [0.5, 0.6) is 0 Å². The molecule has 2 rings (SSSR count). The van der Waals surface area contributed by atoms with Gasteiger partial charge in [0.15, 0.2) is 5.82 Å². The van der Waals surface area contributed by atoms with Gasteiger partial charge in [-0.3, -0.25) is 4.68 Å². The summed E-state index contributed by atoms with van der Waals surface area (Å²) in [6.07, 6.45) is 4.90. The Balaban J connectivity index is 2.39. The molecule has 0 saturated carbocycles. The highest BCUT2D eigenvalue weighted by molar-refractivity contribution is 5.55. The van der Waals surface area contributed by atoms with E-state index in [1.54, 1.807) is 0 Å². The van der Waals surface area contributed by atoms with Gasteiger partial charge in [-0.2, -0.15) is 5.10 Å². The van der Waals surface area contributed by atoms with E-state index < -0.39 is 0 Å². The van der Waals surface area contributed by atoms with E-state index in [4.69, 9.17) is 0 Å². The van der Waals surface area contributed by atoms with Gasteiger partial charge in [0.05, 0.1) is 11.8 Å². The first kappa shape index (κ1) is 13.5. The van der Waals surface area contributed by atoms with Crippen molar-refractivity contribution in [3.05, 3.63) is 24.2 Å². The quantitative estimate of drug-likeness (QED) is 0.897. The van der Waals surface area contributed by atoms with Crippen molar-refractivity contribution in [1.29, 1.82) is 0 Å². The number of nitrogens with zero attached hydrogens (tertiary/aromatic N) is 4. The Morgan fingerprint density at radius 3 is 2.74 bits per heavy atom. The van der Waals surface area contributed by atoms with Gasteiger partial charge in [-0.05, 0) is 12.3 Å². The fourth-order valence-electron chi connectivity index (χ4n) is 1.85. The van der Waals surface area contributed by atoms with Crippen molar-refractivity contribution < 1.29 is 0 Å². The third-order valence-corrected chi connectivity index (χ3v) is 2.94. The average molecular weight is 259 g/mol. The molecule has 2 heterocycles. The average Bonchev–Trinajstić information content (AvgIpc) is 2.87. The van der Waals surface area contributed by atoms with Crippen LogP contribution >= 0.6 is 0 Å². The predicted octanol–water partition coefficient (Wildman–Crippen LogP) is 2.92. The first-order valence-corrected chi connectivity index (χ1v) is 6.73. The van der Waals surface area contributed by atoms with Gasteiger partial charge in [-0.25, -0.2) is 9.97 Å². The van der Waals surface area contributed by atoms with E-state index in [-0.39, 0.29) is 0 Å². The third-order valence-electron chi connectivity index (χ3n) is 2.94. The second-order valence-corrected chi connectivity index (χ2v) is 4.90. The summed E-state index contributed by atoms with van der Waals surface area (Å²) in [4.78, 5) is 9.12. The number of aryl methyl sites for hydroxylation is 1. The number of nitrogens with one attached hydrogen (secondary N) is 1. The zero-order valence-electron chi connectivity index (χ0n) is 12.0. The molecule has 0 radical (unpaired) electrons. The molecule has 0 spiro atoms. The minimum atomic E-state index is 0.375. The molecule has 5 nitrogen and oxygen atoms in total. The van der Waals surface area contributed by atoms with Crippen LogP contribution in [0.4, 0.5) is 5.82 Å². The van der Waals surface area contributed by atoms with Crippen molar-refractivity contribution in [2.45, 2.75) is 39.7 Å². The molecule has 0 aromatic carbocycles. The van der Waals surface area contributed by atoms with Crippen LogP contribution in [-0.4, -0.2) is 26.8 Å². The van der Waals surface area contributed by atoms with E-state index in [9.17, 15) is 0 Å². The summed E-state index contributed by atoms with van der Waals surface area (Å²) in [5, 5.41) is 7.41. The molecule has 0 fully saturated rings. The largest absolute Gasteiger partial charge is 0.373 e. The Labute approximate surface area is 114 Å². The lowest BCUT2D eigenvalue weighted by atomic mass is 10.1. The van der Waals surface area contributed by atoms with Crippen LogP contribution in [0.25, 0.3) is 11.4 Å². The van der Waals surface area contributed by atoms with Gasteiger partial charge >= 0.3 is 0 Å².